The van der Waals surface area contributed by atoms with Gasteiger partial charge in [-0.05, 0) is 49.9 Å². The van der Waals surface area contributed by atoms with Gasteiger partial charge in [0, 0.05) is 24.7 Å². The molecule has 0 atom stereocenters. The SMILES string of the molecule is CN(C(=O)C1CCC(N)CC1)c1ccc(C#N)cc1. The van der Waals surface area contributed by atoms with Crippen LogP contribution in [0.3, 0.4) is 0 Å². The molecule has 1 aromatic carbocycles. The first-order valence-electron chi connectivity index (χ1n) is 6.65. The van der Waals surface area contributed by atoms with Crippen molar-refractivity contribution in [3.05, 3.63) is 29.8 Å². The lowest BCUT2D eigenvalue weighted by Gasteiger charge is -2.29. The molecule has 1 amide bonds. The summed E-state index contributed by atoms with van der Waals surface area (Å²) < 4.78 is 0. The Hall–Kier alpha value is -1.86. The number of hydrogen-bond donors (Lipinski definition) is 1. The molecule has 4 heteroatoms. The fourth-order valence-electron chi connectivity index (χ4n) is 2.53. The molecular weight excluding hydrogens is 238 g/mol. The zero-order chi connectivity index (χ0) is 13.8. The van der Waals surface area contributed by atoms with Crippen LogP contribution in [0.1, 0.15) is 31.2 Å². The van der Waals surface area contributed by atoms with Crippen molar-refractivity contribution in [1.82, 2.24) is 0 Å². The first-order valence-corrected chi connectivity index (χ1v) is 6.65. The van der Waals surface area contributed by atoms with E-state index in [1.807, 2.05) is 12.1 Å². The van der Waals surface area contributed by atoms with Crippen LogP contribution in [-0.2, 0) is 4.79 Å². The number of benzene rings is 1. The molecule has 0 aliphatic heterocycles. The van der Waals surface area contributed by atoms with Crippen molar-refractivity contribution in [3.8, 4) is 6.07 Å². The molecule has 1 saturated carbocycles. The van der Waals surface area contributed by atoms with Gasteiger partial charge in [0.25, 0.3) is 0 Å². The third kappa shape index (κ3) is 3.12. The Morgan fingerprint density at radius 3 is 2.37 bits per heavy atom. The molecule has 2 N–H and O–H groups in total. The normalized spacial score (nSPS) is 22.6. The molecule has 19 heavy (non-hydrogen) atoms. The monoisotopic (exact) mass is 257 g/mol. The van der Waals surface area contributed by atoms with Gasteiger partial charge in [0.2, 0.25) is 5.91 Å². The van der Waals surface area contributed by atoms with E-state index in [-0.39, 0.29) is 17.9 Å². The Labute approximate surface area is 113 Å². The van der Waals surface area contributed by atoms with E-state index in [1.165, 1.54) is 0 Å². The van der Waals surface area contributed by atoms with E-state index in [4.69, 9.17) is 11.0 Å². The number of carbonyl (C=O) groups excluding carboxylic acids is 1. The number of rotatable bonds is 2. The van der Waals surface area contributed by atoms with Crippen molar-refractivity contribution in [3.63, 3.8) is 0 Å². The molecule has 0 spiro atoms. The average Bonchev–Trinajstić information content (AvgIpc) is 2.46. The molecule has 1 aromatic rings. The quantitative estimate of drug-likeness (QED) is 0.881. The second-order valence-electron chi connectivity index (χ2n) is 5.17. The summed E-state index contributed by atoms with van der Waals surface area (Å²) in [5.41, 5.74) is 7.30. The molecule has 0 unspecified atom stereocenters. The van der Waals surface area contributed by atoms with Gasteiger partial charge in [-0.1, -0.05) is 0 Å². The van der Waals surface area contributed by atoms with E-state index >= 15 is 0 Å². The summed E-state index contributed by atoms with van der Waals surface area (Å²) in [6.45, 7) is 0. The van der Waals surface area contributed by atoms with Crippen LogP contribution in [0.4, 0.5) is 5.69 Å². The molecule has 0 heterocycles. The zero-order valence-electron chi connectivity index (χ0n) is 11.2. The van der Waals surface area contributed by atoms with Gasteiger partial charge in [-0.2, -0.15) is 5.26 Å². The molecule has 1 aliphatic rings. The highest BCUT2D eigenvalue weighted by atomic mass is 16.2. The number of nitrogens with two attached hydrogens (primary N) is 1. The number of amides is 1. The van der Waals surface area contributed by atoms with Crippen LogP contribution >= 0.6 is 0 Å². The summed E-state index contributed by atoms with van der Waals surface area (Å²) in [6.07, 6.45) is 3.61. The van der Waals surface area contributed by atoms with Crippen molar-refractivity contribution in [2.75, 3.05) is 11.9 Å². The number of hydrogen-bond acceptors (Lipinski definition) is 3. The Bertz CT molecular complexity index is 481. The standard InChI is InChI=1S/C15H19N3O/c1-18(14-8-2-11(10-16)3-9-14)15(19)12-4-6-13(17)7-5-12/h2-3,8-9,12-13H,4-7,17H2,1H3. The molecule has 100 valence electrons. The smallest absolute Gasteiger partial charge is 0.229 e. The second kappa shape index (κ2) is 5.85. The van der Waals surface area contributed by atoms with E-state index in [2.05, 4.69) is 6.07 Å². The Balaban J connectivity index is 2.04. The van der Waals surface area contributed by atoms with E-state index in [0.29, 0.717) is 5.56 Å². The minimum atomic E-state index is 0.0837. The highest BCUT2D eigenvalue weighted by molar-refractivity contribution is 5.94. The third-order valence-electron chi connectivity index (χ3n) is 3.84. The fourth-order valence-corrected chi connectivity index (χ4v) is 2.53. The van der Waals surface area contributed by atoms with Crippen molar-refractivity contribution in [2.24, 2.45) is 11.7 Å². The van der Waals surface area contributed by atoms with E-state index in [1.54, 1.807) is 24.1 Å². The summed E-state index contributed by atoms with van der Waals surface area (Å²) in [5, 5.41) is 8.76. The number of nitriles is 1. The molecule has 2 rings (SSSR count). The number of anilines is 1. The summed E-state index contributed by atoms with van der Waals surface area (Å²) in [7, 11) is 1.79. The molecule has 0 radical (unpaired) electrons. The van der Waals surface area contributed by atoms with Gasteiger partial charge in [0.1, 0.15) is 0 Å². The number of nitrogens with zero attached hydrogens (tertiary/aromatic N) is 2. The third-order valence-corrected chi connectivity index (χ3v) is 3.84. The molecule has 1 fully saturated rings. The van der Waals surface area contributed by atoms with Crippen molar-refractivity contribution in [2.45, 2.75) is 31.7 Å². The van der Waals surface area contributed by atoms with Crippen molar-refractivity contribution in [1.29, 1.82) is 5.26 Å². The fraction of sp³-hybridized carbons (Fsp3) is 0.467. The first-order chi connectivity index (χ1) is 9.11. The first kappa shape index (κ1) is 13.6. The summed E-state index contributed by atoms with van der Waals surface area (Å²) in [4.78, 5) is 14.1. The van der Waals surface area contributed by atoms with E-state index in [0.717, 1.165) is 31.4 Å². The van der Waals surface area contributed by atoms with Crippen LogP contribution in [0.2, 0.25) is 0 Å². The van der Waals surface area contributed by atoms with E-state index < -0.39 is 0 Å². The van der Waals surface area contributed by atoms with Crippen LogP contribution < -0.4 is 10.6 Å². The zero-order valence-corrected chi connectivity index (χ0v) is 11.2. The predicted octanol–water partition coefficient (Wildman–Crippen LogP) is 2.04. The van der Waals surface area contributed by atoms with Crippen LogP contribution in [-0.4, -0.2) is 19.0 Å². The highest BCUT2D eigenvalue weighted by Gasteiger charge is 2.27. The van der Waals surface area contributed by atoms with Crippen LogP contribution in [0, 0.1) is 17.2 Å². The summed E-state index contributed by atoms with van der Waals surface area (Å²) in [6, 6.07) is 9.41. The summed E-state index contributed by atoms with van der Waals surface area (Å²) in [5.74, 6) is 0.233. The van der Waals surface area contributed by atoms with Crippen LogP contribution in [0.5, 0.6) is 0 Å². The molecule has 1 aliphatic carbocycles. The largest absolute Gasteiger partial charge is 0.328 e. The Kier molecular flexibility index (Phi) is 4.18. The average molecular weight is 257 g/mol. The van der Waals surface area contributed by atoms with Gasteiger partial charge in [0.05, 0.1) is 11.6 Å². The second-order valence-corrected chi connectivity index (χ2v) is 5.17. The predicted molar refractivity (Wildman–Crippen MR) is 74.5 cm³/mol. The van der Waals surface area contributed by atoms with Gasteiger partial charge >= 0.3 is 0 Å². The molecule has 0 saturated heterocycles. The van der Waals surface area contributed by atoms with Crippen LogP contribution in [0.25, 0.3) is 0 Å². The highest BCUT2D eigenvalue weighted by Crippen LogP contribution is 2.26. The van der Waals surface area contributed by atoms with Crippen molar-refractivity contribution >= 4 is 11.6 Å². The minimum Gasteiger partial charge on any atom is -0.328 e. The van der Waals surface area contributed by atoms with Gasteiger partial charge in [0.15, 0.2) is 0 Å². The Morgan fingerprint density at radius 1 is 1.26 bits per heavy atom. The lowest BCUT2D eigenvalue weighted by Crippen LogP contribution is -2.37. The molecule has 4 nitrogen and oxygen atoms in total. The van der Waals surface area contributed by atoms with E-state index in [9.17, 15) is 4.79 Å². The van der Waals surface area contributed by atoms with Gasteiger partial charge < -0.3 is 10.6 Å². The lowest BCUT2D eigenvalue weighted by atomic mass is 9.85. The molecule has 0 bridgehead atoms. The Morgan fingerprint density at radius 2 is 1.84 bits per heavy atom. The van der Waals surface area contributed by atoms with Crippen molar-refractivity contribution < 1.29 is 4.79 Å². The van der Waals surface area contributed by atoms with Gasteiger partial charge in [-0.15, -0.1) is 0 Å². The maximum Gasteiger partial charge on any atom is 0.229 e. The summed E-state index contributed by atoms with van der Waals surface area (Å²) >= 11 is 0. The number of carbonyl (C=O) groups is 1. The van der Waals surface area contributed by atoms with Crippen LogP contribution in [0.15, 0.2) is 24.3 Å². The maximum absolute atomic E-state index is 12.4. The van der Waals surface area contributed by atoms with Gasteiger partial charge in [-0.25, -0.2) is 0 Å². The van der Waals surface area contributed by atoms with Gasteiger partial charge in [-0.3, -0.25) is 4.79 Å². The minimum absolute atomic E-state index is 0.0837. The molecule has 0 aromatic heterocycles. The maximum atomic E-state index is 12.4. The topological polar surface area (TPSA) is 70.1 Å². The molecular formula is C15H19N3O. The lowest BCUT2D eigenvalue weighted by molar-refractivity contribution is -0.123.